The summed E-state index contributed by atoms with van der Waals surface area (Å²) in [5.74, 6) is 0.592. The molecule has 3 atom stereocenters. The van der Waals surface area contributed by atoms with Crippen LogP contribution in [-0.4, -0.2) is 4.92 Å². The zero-order chi connectivity index (χ0) is 16.8. The Morgan fingerprint density at radius 3 is 2.79 bits per heavy atom. The second-order valence-electron chi connectivity index (χ2n) is 6.48. The van der Waals surface area contributed by atoms with Crippen molar-refractivity contribution in [3.63, 3.8) is 0 Å². The molecule has 24 heavy (non-hydrogen) atoms. The van der Waals surface area contributed by atoms with E-state index in [1.807, 2.05) is 13.0 Å². The van der Waals surface area contributed by atoms with Gasteiger partial charge in [0.25, 0.3) is 5.69 Å². The molecule has 0 bridgehead atoms. The van der Waals surface area contributed by atoms with Crippen molar-refractivity contribution in [1.29, 1.82) is 0 Å². The minimum atomic E-state index is -0.305. The number of non-ortho nitro benzene ring substituents is 1. The van der Waals surface area contributed by atoms with Crippen molar-refractivity contribution in [2.45, 2.75) is 25.3 Å². The first-order chi connectivity index (χ1) is 11.6. The number of hydrogen-bond donors (Lipinski definition) is 1. The molecule has 4 nitrogen and oxygen atoms in total. The highest BCUT2D eigenvalue weighted by Gasteiger charge is 2.39. The average Bonchev–Trinajstić information content (AvgIpc) is 3.05. The van der Waals surface area contributed by atoms with Gasteiger partial charge in [-0.25, -0.2) is 0 Å². The van der Waals surface area contributed by atoms with Crippen LogP contribution in [0.5, 0.6) is 0 Å². The second kappa shape index (κ2) is 5.74. The summed E-state index contributed by atoms with van der Waals surface area (Å²) >= 11 is 3.67. The third-order valence-electron chi connectivity index (χ3n) is 5.10. The molecule has 0 unspecified atom stereocenters. The third-order valence-corrected chi connectivity index (χ3v) is 5.82. The van der Waals surface area contributed by atoms with Crippen molar-refractivity contribution in [3.05, 3.63) is 79.8 Å². The highest BCUT2D eigenvalue weighted by atomic mass is 79.9. The number of nitrogens with one attached hydrogen (secondary N) is 1. The SMILES string of the molecule is Cc1cc([N+](=O)[O-])cc2c1N[C@H](c1ccccc1Br)[C@@H]1CC=C[C@@H]21. The summed E-state index contributed by atoms with van der Waals surface area (Å²) in [6.45, 7) is 1.94. The maximum Gasteiger partial charge on any atom is 0.270 e. The summed E-state index contributed by atoms with van der Waals surface area (Å²) in [4.78, 5) is 10.9. The Kier molecular flexibility index (Phi) is 3.68. The van der Waals surface area contributed by atoms with E-state index in [2.05, 4.69) is 51.6 Å². The fourth-order valence-electron chi connectivity index (χ4n) is 4.01. The first-order valence-electron chi connectivity index (χ1n) is 8.03. The van der Waals surface area contributed by atoms with Crippen LogP contribution in [0.25, 0.3) is 0 Å². The predicted molar refractivity (Wildman–Crippen MR) is 98.3 cm³/mol. The van der Waals surface area contributed by atoms with E-state index in [0.717, 1.165) is 27.7 Å². The maximum absolute atomic E-state index is 11.2. The molecule has 0 spiro atoms. The molecule has 1 aliphatic carbocycles. The van der Waals surface area contributed by atoms with Crippen LogP contribution in [0.3, 0.4) is 0 Å². The largest absolute Gasteiger partial charge is 0.377 e. The van der Waals surface area contributed by atoms with Crippen LogP contribution in [0.4, 0.5) is 11.4 Å². The second-order valence-corrected chi connectivity index (χ2v) is 7.34. The van der Waals surface area contributed by atoms with E-state index in [0.29, 0.717) is 5.92 Å². The molecule has 0 aromatic heterocycles. The van der Waals surface area contributed by atoms with E-state index in [1.54, 1.807) is 12.1 Å². The summed E-state index contributed by atoms with van der Waals surface area (Å²) in [6, 6.07) is 11.9. The number of aryl methyl sites for hydroxylation is 1. The smallest absolute Gasteiger partial charge is 0.270 e. The van der Waals surface area contributed by atoms with Gasteiger partial charge in [0.1, 0.15) is 0 Å². The molecule has 1 heterocycles. The summed E-state index contributed by atoms with van der Waals surface area (Å²) in [7, 11) is 0. The fourth-order valence-corrected chi connectivity index (χ4v) is 4.54. The Labute approximate surface area is 148 Å². The van der Waals surface area contributed by atoms with Crippen LogP contribution in [0.2, 0.25) is 0 Å². The van der Waals surface area contributed by atoms with E-state index >= 15 is 0 Å². The molecule has 0 fully saturated rings. The molecule has 0 amide bonds. The monoisotopic (exact) mass is 384 g/mol. The van der Waals surface area contributed by atoms with Gasteiger partial charge in [0.05, 0.1) is 11.0 Å². The minimum Gasteiger partial charge on any atom is -0.377 e. The molecule has 4 rings (SSSR count). The van der Waals surface area contributed by atoms with Crippen LogP contribution in [0, 0.1) is 23.0 Å². The number of anilines is 1. The summed E-state index contributed by atoms with van der Waals surface area (Å²) in [5, 5.41) is 14.9. The van der Waals surface area contributed by atoms with Crippen LogP contribution in [-0.2, 0) is 0 Å². The van der Waals surface area contributed by atoms with Crippen molar-refractivity contribution in [3.8, 4) is 0 Å². The molecule has 0 radical (unpaired) electrons. The van der Waals surface area contributed by atoms with Gasteiger partial charge < -0.3 is 5.32 Å². The Hall–Kier alpha value is -2.14. The van der Waals surface area contributed by atoms with Gasteiger partial charge in [-0.1, -0.05) is 46.3 Å². The van der Waals surface area contributed by atoms with Crippen LogP contribution in [0.15, 0.2) is 53.0 Å². The number of fused-ring (bicyclic) bond motifs is 3. The molecular formula is C19H17BrN2O2. The third kappa shape index (κ3) is 2.35. The van der Waals surface area contributed by atoms with Gasteiger partial charge >= 0.3 is 0 Å². The molecule has 5 heteroatoms. The molecule has 0 saturated heterocycles. The summed E-state index contributed by atoms with van der Waals surface area (Å²) in [6.07, 6.45) is 5.38. The Balaban J connectivity index is 1.85. The lowest BCUT2D eigenvalue weighted by Gasteiger charge is -2.38. The van der Waals surface area contributed by atoms with Gasteiger partial charge in [0.2, 0.25) is 0 Å². The lowest BCUT2D eigenvalue weighted by atomic mass is 9.76. The van der Waals surface area contributed by atoms with Crippen molar-refractivity contribution in [2.75, 3.05) is 5.32 Å². The van der Waals surface area contributed by atoms with Crippen molar-refractivity contribution >= 4 is 27.3 Å². The van der Waals surface area contributed by atoms with Crippen LogP contribution < -0.4 is 5.32 Å². The fraction of sp³-hybridized carbons (Fsp3) is 0.263. The normalized spacial score (nSPS) is 24.2. The maximum atomic E-state index is 11.2. The zero-order valence-electron chi connectivity index (χ0n) is 13.2. The number of rotatable bonds is 2. The predicted octanol–water partition coefficient (Wildman–Crippen LogP) is 5.49. The lowest BCUT2D eigenvalue weighted by molar-refractivity contribution is -0.385. The molecule has 1 aliphatic heterocycles. The number of nitro groups is 1. The van der Waals surface area contributed by atoms with E-state index in [9.17, 15) is 10.1 Å². The van der Waals surface area contributed by atoms with Crippen LogP contribution in [0.1, 0.15) is 35.1 Å². The number of halogens is 1. The van der Waals surface area contributed by atoms with E-state index in [-0.39, 0.29) is 22.6 Å². The van der Waals surface area contributed by atoms with Crippen molar-refractivity contribution in [1.82, 2.24) is 0 Å². The lowest BCUT2D eigenvalue weighted by Crippen LogP contribution is -2.30. The first-order valence-corrected chi connectivity index (χ1v) is 8.82. The summed E-state index contributed by atoms with van der Waals surface area (Å²) < 4.78 is 1.09. The summed E-state index contributed by atoms with van der Waals surface area (Å²) in [5.41, 5.74) is 4.42. The highest BCUT2D eigenvalue weighted by molar-refractivity contribution is 9.10. The molecule has 1 N–H and O–H groups in total. The van der Waals surface area contributed by atoms with Crippen molar-refractivity contribution < 1.29 is 4.92 Å². The van der Waals surface area contributed by atoms with Crippen LogP contribution >= 0.6 is 15.9 Å². The molecule has 2 aliphatic rings. The van der Waals surface area contributed by atoms with E-state index in [4.69, 9.17) is 0 Å². The Bertz CT molecular complexity index is 862. The van der Waals surface area contributed by atoms with Gasteiger partial charge in [-0.05, 0) is 42.0 Å². The number of allylic oxidation sites excluding steroid dienone is 2. The number of benzene rings is 2. The standard InChI is InChI=1S/C19H17BrN2O2/c1-11-9-12(22(23)24)10-16-13-6-4-7-14(13)19(21-18(11)16)15-5-2-3-8-17(15)20/h2-6,8-10,13-14,19,21H,7H2,1H3/t13-,14-,19+/m1/s1. The van der Waals surface area contributed by atoms with E-state index < -0.39 is 0 Å². The van der Waals surface area contributed by atoms with Crippen molar-refractivity contribution in [2.24, 2.45) is 5.92 Å². The zero-order valence-corrected chi connectivity index (χ0v) is 14.8. The van der Waals surface area contributed by atoms with Gasteiger partial charge in [-0.2, -0.15) is 0 Å². The van der Waals surface area contributed by atoms with Gasteiger partial charge in [0, 0.05) is 28.2 Å². The van der Waals surface area contributed by atoms with E-state index in [1.165, 1.54) is 5.56 Å². The van der Waals surface area contributed by atoms with Gasteiger partial charge in [0.15, 0.2) is 0 Å². The molecule has 122 valence electrons. The van der Waals surface area contributed by atoms with Gasteiger partial charge in [-0.15, -0.1) is 0 Å². The first kappa shape index (κ1) is 15.4. The number of hydrogen-bond acceptors (Lipinski definition) is 3. The molecular weight excluding hydrogens is 368 g/mol. The quantitative estimate of drug-likeness (QED) is 0.422. The highest BCUT2D eigenvalue weighted by Crippen LogP contribution is 2.52. The molecule has 0 saturated carbocycles. The average molecular weight is 385 g/mol. The number of nitrogens with zero attached hydrogens (tertiary/aromatic N) is 1. The number of nitro benzene ring substituents is 1. The topological polar surface area (TPSA) is 55.2 Å². The Morgan fingerprint density at radius 1 is 1.25 bits per heavy atom. The Morgan fingerprint density at radius 2 is 2.04 bits per heavy atom. The minimum absolute atomic E-state index is 0.173. The molecule has 2 aromatic carbocycles. The van der Waals surface area contributed by atoms with Gasteiger partial charge in [-0.3, -0.25) is 10.1 Å². The molecule has 2 aromatic rings.